The van der Waals surface area contributed by atoms with E-state index in [1.54, 1.807) is 0 Å². The number of carbonyl (C=O) groups excluding carboxylic acids is 3. The van der Waals surface area contributed by atoms with Gasteiger partial charge in [-0.1, -0.05) is 34.1 Å². The van der Waals surface area contributed by atoms with Crippen LogP contribution in [0.2, 0.25) is 0 Å². The topological polar surface area (TPSA) is 133 Å². The molecule has 5 saturated carbocycles. The zero-order valence-electron chi connectivity index (χ0n) is 28.1. The van der Waals surface area contributed by atoms with Crippen LogP contribution in [0.15, 0.2) is 0 Å². The van der Waals surface area contributed by atoms with Crippen molar-refractivity contribution in [3.63, 3.8) is 0 Å². The number of ether oxygens (including phenoxy) is 2. The van der Waals surface area contributed by atoms with E-state index >= 15 is 0 Å². The minimum atomic E-state index is -1.01. The summed E-state index contributed by atoms with van der Waals surface area (Å²) in [7, 11) is 0. The second-order valence-corrected chi connectivity index (χ2v) is 16.1. The van der Waals surface area contributed by atoms with Crippen molar-refractivity contribution in [1.82, 2.24) is 0 Å². The summed E-state index contributed by atoms with van der Waals surface area (Å²) in [6.45, 7) is 12.0. The summed E-state index contributed by atoms with van der Waals surface area (Å²) in [5.41, 5.74) is 5.12. The molecule has 10 heteroatoms. The summed E-state index contributed by atoms with van der Waals surface area (Å²) in [4.78, 5) is 61.5. The quantitative estimate of drug-likeness (QED) is 0.270. The van der Waals surface area contributed by atoms with Crippen molar-refractivity contribution in [1.29, 1.82) is 0 Å². The highest BCUT2D eigenvalue weighted by Crippen LogP contribution is 2.70. The lowest BCUT2D eigenvalue weighted by molar-refractivity contribution is -0.671. The van der Waals surface area contributed by atoms with Crippen LogP contribution < -0.4 is 5.73 Å². The van der Waals surface area contributed by atoms with Crippen molar-refractivity contribution in [3.05, 3.63) is 0 Å². The molecule has 0 aromatic carbocycles. The van der Waals surface area contributed by atoms with E-state index in [1.807, 2.05) is 0 Å². The molecule has 254 valence electrons. The van der Waals surface area contributed by atoms with Crippen molar-refractivity contribution in [2.24, 2.45) is 58.0 Å². The maximum Gasteiger partial charge on any atom is 0.302 e. The van der Waals surface area contributed by atoms with Gasteiger partial charge >= 0.3 is 11.9 Å². The molecule has 11 atom stereocenters. The summed E-state index contributed by atoms with van der Waals surface area (Å²) in [5.74, 6) is -1.37. The Morgan fingerprint density at radius 3 is 2.24 bits per heavy atom. The average Bonchev–Trinajstić information content (AvgIpc) is 3.34. The molecule has 10 nitrogen and oxygen atoms in total. The van der Waals surface area contributed by atoms with Crippen molar-refractivity contribution in [3.8, 4) is 0 Å². The molecule has 1 aliphatic heterocycles. The third kappa shape index (κ3) is 5.63. The van der Waals surface area contributed by atoms with E-state index in [-0.39, 0.29) is 82.3 Å². The standard InChI is InChI=1S/C35H55NO9/c1-20(10-13-30(36)39)25-11-12-26-31-27(18-29(33(25,26)6)41-23(4)38)32(5)15-16-34(19-24(32)17-28(31)40-22(3)37)42-44-35(45-43-34)14-8-7-9-21(35)2/h20-21,24-29,31H,7-19H2,1-6H3,(H2,36,39)/t20-,21?,24-,25-,26+,27+,28-,29+,31+,32+,33-,34?,35?/m1/s1. The van der Waals surface area contributed by atoms with Gasteiger partial charge in [-0.3, -0.25) is 14.4 Å². The van der Waals surface area contributed by atoms with Crippen molar-refractivity contribution in [2.75, 3.05) is 0 Å². The SMILES string of the molecule is CC(=O)O[C@H]1C[C@H]2[C@@H]([C@H](OC(C)=O)C[C@@H]3CC4(CC[C@@]32C)OOC2(CCCCC2C)OO4)[C@@H]2CC[C@H]([C@H](C)CCC(N)=O)[C@@]12C. The van der Waals surface area contributed by atoms with Crippen LogP contribution in [0.4, 0.5) is 0 Å². The van der Waals surface area contributed by atoms with E-state index in [9.17, 15) is 14.4 Å². The minimum Gasteiger partial charge on any atom is -0.462 e. The Hall–Kier alpha value is -1.75. The van der Waals surface area contributed by atoms with E-state index < -0.39 is 11.6 Å². The Labute approximate surface area is 267 Å². The number of carbonyl (C=O) groups is 3. The molecule has 2 N–H and O–H groups in total. The first-order valence-electron chi connectivity index (χ1n) is 17.6. The molecule has 1 saturated heterocycles. The van der Waals surface area contributed by atoms with Crippen LogP contribution in [0.5, 0.6) is 0 Å². The number of hydrogen-bond acceptors (Lipinski definition) is 9. The third-order valence-electron chi connectivity index (χ3n) is 13.8. The molecular weight excluding hydrogens is 578 g/mol. The molecule has 1 amide bonds. The molecule has 6 rings (SSSR count). The van der Waals surface area contributed by atoms with Gasteiger partial charge < -0.3 is 15.2 Å². The van der Waals surface area contributed by atoms with Gasteiger partial charge in [0.2, 0.25) is 17.5 Å². The molecule has 1 heterocycles. The van der Waals surface area contributed by atoms with E-state index in [4.69, 9.17) is 34.8 Å². The fourth-order valence-corrected chi connectivity index (χ4v) is 11.3. The van der Waals surface area contributed by atoms with E-state index in [1.165, 1.54) is 13.8 Å². The molecule has 45 heavy (non-hydrogen) atoms. The van der Waals surface area contributed by atoms with Crippen molar-refractivity contribution < 1.29 is 43.4 Å². The van der Waals surface area contributed by atoms with Crippen LogP contribution in [-0.4, -0.2) is 41.6 Å². The lowest BCUT2D eigenvalue weighted by atomic mass is 9.42. The number of primary amides is 1. The molecular formula is C35H55NO9. The van der Waals surface area contributed by atoms with Crippen LogP contribution in [0.1, 0.15) is 125 Å². The van der Waals surface area contributed by atoms with Gasteiger partial charge in [0.15, 0.2) is 0 Å². The van der Waals surface area contributed by atoms with Gasteiger partial charge in [0.05, 0.1) is 0 Å². The van der Waals surface area contributed by atoms with E-state index in [2.05, 4.69) is 27.7 Å². The highest BCUT2D eigenvalue weighted by molar-refractivity contribution is 5.73. The van der Waals surface area contributed by atoms with Gasteiger partial charge in [0, 0.05) is 56.8 Å². The van der Waals surface area contributed by atoms with Crippen LogP contribution in [0.3, 0.4) is 0 Å². The maximum absolute atomic E-state index is 12.6. The Balaban J connectivity index is 1.29. The number of amides is 1. The van der Waals surface area contributed by atoms with Gasteiger partial charge in [0.25, 0.3) is 0 Å². The molecule has 1 unspecified atom stereocenters. The largest absolute Gasteiger partial charge is 0.462 e. The summed E-state index contributed by atoms with van der Waals surface area (Å²) in [5, 5.41) is 0. The van der Waals surface area contributed by atoms with Crippen molar-refractivity contribution in [2.45, 2.75) is 149 Å². The van der Waals surface area contributed by atoms with Gasteiger partial charge in [-0.15, -0.1) is 0 Å². The lowest BCUT2D eigenvalue weighted by Crippen LogP contribution is -2.65. The fraction of sp³-hybridized carbons (Fsp3) is 0.914. The number of nitrogens with two attached hydrogens (primary N) is 1. The zero-order chi connectivity index (χ0) is 32.4. The molecule has 2 spiro atoms. The van der Waals surface area contributed by atoms with Crippen LogP contribution in [0, 0.1) is 52.3 Å². The monoisotopic (exact) mass is 633 g/mol. The summed E-state index contributed by atoms with van der Waals surface area (Å²) in [6, 6.07) is 0. The average molecular weight is 634 g/mol. The number of fused-ring (bicyclic) bond motifs is 5. The smallest absolute Gasteiger partial charge is 0.302 e. The second kappa shape index (κ2) is 12.0. The summed E-state index contributed by atoms with van der Waals surface area (Å²) in [6.07, 6.45) is 9.81. The van der Waals surface area contributed by atoms with Gasteiger partial charge in [-0.2, -0.15) is 19.6 Å². The first kappa shape index (κ1) is 33.2. The molecule has 0 radical (unpaired) electrons. The zero-order valence-corrected chi connectivity index (χ0v) is 28.1. The van der Waals surface area contributed by atoms with Crippen LogP contribution >= 0.6 is 0 Å². The number of hydrogen-bond donors (Lipinski definition) is 1. The first-order chi connectivity index (χ1) is 21.2. The van der Waals surface area contributed by atoms with Crippen molar-refractivity contribution >= 4 is 17.8 Å². The highest BCUT2D eigenvalue weighted by atomic mass is 17.4. The Kier molecular flexibility index (Phi) is 8.88. The van der Waals surface area contributed by atoms with Crippen LogP contribution in [-0.2, 0) is 43.4 Å². The number of esters is 2. The second-order valence-electron chi connectivity index (χ2n) is 16.1. The third-order valence-corrected chi connectivity index (χ3v) is 13.8. The highest BCUT2D eigenvalue weighted by Gasteiger charge is 2.69. The van der Waals surface area contributed by atoms with E-state index in [0.29, 0.717) is 38.5 Å². The lowest BCUT2D eigenvalue weighted by Gasteiger charge is -2.65. The molecule has 0 aromatic heterocycles. The Morgan fingerprint density at radius 2 is 1.60 bits per heavy atom. The van der Waals surface area contributed by atoms with Gasteiger partial charge in [0.1, 0.15) is 12.2 Å². The molecule has 0 bridgehead atoms. The van der Waals surface area contributed by atoms with Gasteiger partial charge in [-0.05, 0) is 86.4 Å². The molecule has 0 aromatic rings. The predicted molar refractivity (Wildman–Crippen MR) is 162 cm³/mol. The summed E-state index contributed by atoms with van der Waals surface area (Å²) >= 11 is 0. The molecule has 6 fully saturated rings. The van der Waals surface area contributed by atoms with Crippen LogP contribution in [0.25, 0.3) is 0 Å². The first-order valence-corrected chi connectivity index (χ1v) is 17.6. The minimum absolute atomic E-state index is 0.109. The number of rotatable bonds is 6. The van der Waals surface area contributed by atoms with E-state index in [0.717, 1.165) is 44.9 Å². The summed E-state index contributed by atoms with van der Waals surface area (Å²) < 4.78 is 12.5. The molecule has 6 aliphatic rings. The van der Waals surface area contributed by atoms with Gasteiger partial charge in [-0.25, -0.2) is 0 Å². The predicted octanol–water partition coefficient (Wildman–Crippen LogP) is 6.14. The maximum atomic E-state index is 12.6. The molecule has 5 aliphatic carbocycles. The fourth-order valence-electron chi connectivity index (χ4n) is 11.3. The Bertz CT molecular complexity index is 1150. The normalized spacial score (nSPS) is 48.1. The Morgan fingerprint density at radius 1 is 0.889 bits per heavy atom.